The Bertz CT molecular complexity index is 1570. The summed E-state index contributed by atoms with van der Waals surface area (Å²) < 4.78 is 58.3. The molecule has 10 nitrogen and oxygen atoms in total. The van der Waals surface area contributed by atoms with E-state index in [2.05, 4.69) is 0 Å². The third-order valence-electron chi connectivity index (χ3n) is 7.12. The van der Waals surface area contributed by atoms with Gasteiger partial charge in [0, 0.05) is 23.9 Å². The minimum atomic E-state index is -4.20. The van der Waals surface area contributed by atoms with E-state index < -0.39 is 30.5 Å². The SMILES string of the molecule is COc1cc(C(=O)Oc2ccc(/C=C/C(=O)OCCCCCCc3c(N)cc(N)cc3C(=O)O)cc2)ccc1OCCCCC(F)(F)F. The van der Waals surface area contributed by atoms with Crippen LogP contribution in [0.25, 0.3) is 6.08 Å². The van der Waals surface area contributed by atoms with Crippen molar-refractivity contribution >= 4 is 35.4 Å². The molecular weight excluding hydrogens is 633 g/mol. The Kier molecular flexibility index (Phi) is 14.1. The van der Waals surface area contributed by atoms with E-state index >= 15 is 0 Å². The number of halogens is 3. The number of rotatable bonds is 18. The molecule has 0 aliphatic carbocycles. The number of nitrogens with two attached hydrogens (primary N) is 2. The Morgan fingerprint density at radius 1 is 0.854 bits per heavy atom. The molecule has 0 aromatic heterocycles. The first-order valence-electron chi connectivity index (χ1n) is 15.3. The number of carbonyl (C=O) groups is 3. The average Bonchev–Trinajstić information content (AvgIpc) is 3.03. The van der Waals surface area contributed by atoms with Crippen molar-refractivity contribution in [1.29, 1.82) is 0 Å². The molecule has 0 fully saturated rings. The Hall–Kier alpha value is -5.20. The Morgan fingerprint density at radius 2 is 1.56 bits per heavy atom. The molecule has 258 valence electrons. The Balaban J connectivity index is 1.37. The molecular formula is C35H39F3N2O8. The van der Waals surface area contributed by atoms with Crippen LogP contribution in [0.4, 0.5) is 24.5 Å². The topological polar surface area (TPSA) is 160 Å². The fraction of sp³-hybridized carbons (Fsp3) is 0.343. The highest BCUT2D eigenvalue weighted by Gasteiger charge is 2.26. The van der Waals surface area contributed by atoms with Gasteiger partial charge in [0.2, 0.25) is 0 Å². The number of ether oxygens (including phenoxy) is 4. The Labute approximate surface area is 276 Å². The minimum absolute atomic E-state index is 0.0546. The fourth-order valence-electron chi connectivity index (χ4n) is 4.67. The average molecular weight is 673 g/mol. The molecule has 3 rings (SSSR count). The zero-order valence-corrected chi connectivity index (χ0v) is 26.5. The van der Waals surface area contributed by atoms with Crippen LogP contribution in [0.5, 0.6) is 17.2 Å². The number of alkyl halides is 3. The Morgan fingerprint density at radius 3 is 2.25 bits per heavy atom. The summed E-state index contributed by atoms with van der Waals surface area (Å²) >= 11 is 0. The summed E-state index contributed by atoms with van der Waals surface area (Å²) in [4.78, 5) is 36.3. The molecule has 0 heterocycles. The summed E-state index contributed by atoms with van der Waals surface area (Å²) in [5, 5.41) is 9.39. The number of aromatic carboxylic acids is 1. The van der Waals surface area contributed by atoms with Crippen molar-refractivity contribution in [3.05, 3.63) is 82.9 Å². The third-order valence-corrected chi connectivity index (χ3v) is 7.12. The standard InChI is InChI=1S/C35H39F3N2O8/c1-45-31-20-24(12-15-30(31)46-18-7-5-17-35(36,37)38)34(44)48-26-13-9-23(10-14-26)11-16-32(41)47-19-6-3-2-4-8-27-28(33(42)43)21-25(39)22-29(27)40/h9-16,20-22H,2-8,17-19,39-40H2,1H3,(H,42,43)/b16-11+. The van der Waals surface area contributed by atoms with Crippen molar-refractivity contribution in [3.8, 4) is 17.2 Å². The summed E-state index contributed by atoms with van der Waals surface area (Å²) in [6, 6.07) is 13.8. The normalized spacial score (nSPS) is 11.3. The van der Waals surface area contributed by atoms with Gasteiger partial charge in [0.1, 0.15) is 5.75 Å². The van der Waals surface area contributed by atoms with Crippen molar-refractivity contribution in [2.24, 2.45) is 0 Å². The van der Waals surface area contributed by atoms with Gasteiger partial charge in [0.05, 0.1) is 31.5 Å². The first-order chi connectivity index (χ1) is 22.9. The predicted molar refractivity (Wildman–Crippen MR) is 174 cm³/mol. The number of anilines is 2. The van der Waals surface area contributed by atoms with Crippen LogP contribution in [0.15, 0.2) is 60.7 Å². The van der Waals surface area contributed by atoms with E-state index in [4.69, 9.17) is 30.4 Å². The summed E-state index contributed by atoms with van der Waals surface area (Å²) in [5.41, 5.74) is 13.9. The molecule has 13 heteroatoms. The van der Waals surface area contributed by atoms with Gasteiger partial charge in [0.15, 0.2) is 11.5 Å². The second kappa shape index (κ2) is 18.2. The summed E-state index contributed by atoms with van der Waals surface area (Å²) in [6.45, 7) is 0.305. The molecule has 0 radical (unpaired) electrons. The van der Waals surface area contributed by atoms with Gasteiger partial charge >= 0.3 is 24.1 Å². The lowest BCUT2D eigenvalue weighted by atomic mass is 9.98. The second-order valence-electron chi connectivity index (χ2n) is 10.9. The molecule has 0 unspecified atom stereocenters. The van der Waals surface area contributed by atoms with Gasteiger partial charge in [-0.05, 0) is 91.8 Å². The monoisotopic (exact) mass is 672 g/mol. The molecule has 0 aliphatic rings. The van der Waals surface area contributed by atoms with Crippen molar-refractivity contribution in [1.82, 2.24) is 0 Å². The molecule has 48 heavy (non-hydrogen) atoms. The van der Waals surface area contributed by atoms with Crippen LogP contribution in [0.3, 0.4) is 0 Å². The number of benzene rings is 3. The zero-order valence-electron chi connectivity index (χ0n) is 26.5. The number of unbranched alkanes of at least 4 members (excludes halogenated alkanes) is 4. The molecule has 5 N–H and O–H groups in total. The van der Waals surface area contributed by atoms with Gasteiger partial charge in [-0.15, -0.1) is 0 Å². The first-order valence-corrected chi connectivity index (χ1v) is 15.3. The van der Waals surface area contributed by atoms with Gasteiger partial charge in [-0.2, -0.15) is 13.2 Å². The lowest BCUT2D eigenvalue weighted by molar-refractivity contribution is -0.138. The molecule has 3 aromatic rings. The van der Waals surface area contributed by atoms with E-state index in [9.17, 15) is 32.7 Å². The molecule has 0 atom stereocenters. The number of methoxy groups -OCH3 is 1. The highest BCUT2D eigenvalue weighted by Crippen LogP contribution is 2.30. The maximum absolute atomic E-state index is 12.7. The highest BCUT2D eigenvalue weighted by atomic mass is 19.4. The van der Waals surface area contributed by atoms with E-state index in [0.717, 1.165) is 19.3 Å². The minimum Gasteiger partial charge on any atom is -0.493 e. The molecule has 0 spiro atoms. The molecule has 0 aliphatic heterocycles. The number of hydrogen-bond acceptors (Lipinski definition) is 9. The predicted octanol–water partition coefficient (Wildman–Crippen LogP) is 7.25. The summed E-state index contributed by atoms with van der Waals surface area (Å²) in [5.74, 6) is -1.43. The van der Waals surface area contributed by atoms with Crippen molar-refractivity contribution in [2.75, 3.05) is 31.8 Å². The molecule has 0 saturated carbocycles. The smallest absolute Gasteiger partial charge is 0.389 e. The van der Waals surface area contributed by atoms with Crippen molar-refractivity contribution in [3.63, 3.8) is 0 Å². The fourth-order valence-corrected chi connectivity index (χ4v) is 4.67. The zero-order chi connectivity index (χ0) is 35.1. The molecule has 0 saturated heterocycles. The largest absolute Gasteiger partial charge is 0.493 e. The van der Waals surface area contributed by atoms with Crippen LogP contribution in [0.2, 0.25) is 0 Å². The maximum Gasteiger partial charge on any atom is 0.389 e. The van der Waals surface area contributed by atoms with Crippen LogP contribution in [-0.4, -0.2) is 49.5 Å². The van der Waals surface area contributed by atoms with Crippen molar-refractivity contribution in [2.45, 2.75) is 57.5 Å². The van der Waals surface area contributed by atoms with Crippen LogP contribution in [0, 0.1) is 0 Å². The summed E-state index contributed by atoms with van der Waals surface area (Å²) in [6.07, 6.45) is 1.41. The van der Waals surface area contributed by atoms with E-state index in [1.807, 2.05) is 0 Å². The van der Waals surface area contributed by atoms with Gasteiger partial charge < -0.3 is 35.5 Å². The van der Waals surface area contributed by atoms with Crippen LogP contribution in [0.1, 0.15) is 76.8 Å². The molecule has 3 aromatic carbocycles. The number of nitrogen functional groups attached to an aromatic ring is 2. The highest BCUT2D eigenvalue weighted by molar-refractivity contribution is 5.93. The molecule has 0 bridgehead atoms. The van der Waals surface area contributed by atoms with Crippen LogP contribution in [-0.2, 0) is 16.0 Å². The number of carboxylic acid groups (broad SMARTS) is 1. The van der Waals surface area contributed by atoms with Gasteiger partial charge in [-0.25, -0.2) is 14.4 Å². The quantitative estimate of drug-likeness (QED) is 0.0413. The van der Waals surface area contributed by atoms with E-state index in [0.29, 0.717) is 41.1 Å². The van der Waals surface area contributed by atoms with Gasteiger partial charge in [0.25, 0.3) is 0 Å². The summed E-state index contributed by atoms with van der Waals surface area (Å²) in [7, 11) is 1.38. The van der Waals surface area contributed by atoms with E-state index in [1.165, 1.54) is 37.5 Å². The third kappa shape index (κ3) is 12.5. The van der Waals surface area contributed by atoms with Crippen LogP contribution < -0.4 is 25.7 Å². The number of carbonyl (C=O) groups excluding carboxylic acids is 2. The second-order valence-corrected chi connectivity index (χ2v) is 10.9. The first kappa shape index (κ1) is 37.3. The van der Waals surface area contributed by atoms with Crippen LogP contribution >= 0.6 is 0 Å². The lowest BCUT2D eigenvalue weighted by Gasteiger charge is -2.12. The van der Waals surface area contributed by atoms with E-state index in [1.54, 1.807) is 36.4 Å². The number of esters is 2. The van der Waals surface area contributed by atoms with Gasteiger partial charge in [-0.1, -0.05) is 25.0 Å². The number of hydrogen-bond donors (Lipinski definition) is 3. The van der Waals surface area contributed by atoms with Crippen molar-refractivity contribution < 1.29 is 51.6 Å². The maximum atomic E-state index is 12.7. The molecule has 0 amide bonds. The van der Waals surface area contributed by atoms with Gasteiger partial charge in [-0.3, -0.25) is 0 Å². The lowest BCUT2D eigenvalue weighted by Crippen LogP contribution is -2.10. The number of carboxylic acids is 1. The van der Waals surface area contributed by atoms with E-state index in [-0.39, 0.29) is 48.7 Å².